The topological polar surface area (TPSA) is 149 Å². The van der Waals surface area contributed by atoms with Gasteiger partial charge >= 0.3 is 0 Å². The van der Waals surface area contributed by atoms with E-state index >= 15 is 0 Å². The summed E-state index contributed by atoms with van der Waals surface area (Å²) in [5.41, 5.74) is 8.18. The molecule has 0 saturated heterocycles. The van der Waals surface area contributed by atoms with Gasteiger partial charge in [0.2, 0.25) is 11.9 Å². The van der Waals surface area contributed by atoms with Crippen LogP contribution in [0.4, 0.5) is 23.1 Å². The minimum atomic E-state index is -3.59. The summed E-state index contributed by atoms with van der Waals surface area (Å²) in [6, 6.07) is 8.14. The first-order chi connectivity index (χ1) is 19.3. The second kappa shape index (κ2) is 12.0. The summed E-state index contributed by atoms with van der Waals surface area (Å²) in [5, 5.41) is 6.57. The molecule has 0 fully saturated rings. The van der Waals surface area contributed by atoms with Crippen molar-refractivity contribution in [3.8, 4) is 16.2 Å². The van der Waals surface area contributed by atoms with Crippen molar-refractivity contribution in [1.82, 2.24) is 15.0 Å². The zero-order valence-corrected chi connectivity index (χ0v) is 25.8. The van der Waals surface area contributed by atoms with E-state index in [4.69, 9.17) is 22.1 Å². The molecule has 2 heterocycles. The zero-order valence-electron chi connectivity index (χ0n) is 23.4. The van der Waals surface area contributed by atoms with Crippen LogP contribution in [-0.4, -0.2) is 40.6 Å². The number of nitrogens with two attached hydrogens (primary N) is 1. The van der Waals surface area contributed by atoms with Crippen LogP contribution < -0.4 is 21.1 Å². The van der Waals surface area contributed by atoms with E-state index in [0.717, 1.165) is 9.88 Å². The van der Waals surface area contributed by atoms with Crippen LogP contribution in [0.5, 0.6) is 5.75 Å². The molecule has 4 rings (SSSR count). The number of anilines is 4. The molecule has 0 spiro atoms. The Labute approximate surface area is 248 Å². The molecule has 0 atom stereocenters. The molecule has 0 radical (unpaired) electrons. The lowest BCUT2D eigenvalue weighted by Crippen LogP contribution is -2.16. The molecule has 4 N–H and O–H groups in total. The lowest BCUT2D eigenvalue weighted by molar-refractivity contribution is 0.100. The van der Waals surface area contributed by atoms with E-state index in [1.807, 2.05) is 27.7 Å². The van der Waals surface area contributed by atoms with Gasteiger partial charge in [0.25, 0.3) is 0 Å². The number of nitrogens with zero attached hydrogens (tertiary/aromatic N) is 3. The van der Waals surface area contributed by atoms with Gasteiger partial charge in [-0.15, -0.1) is 11.3 Å². The molecule has 13 heteroatoms. The molecule has 216 valence electrons. The minimum absolute atomic E-state index is 0.127. The summed E-state index contributed by atoms with van der Waals surface area (Å²) in [7, 11) is -3.59. The van der Waals surface area contributed by atoms with Gasteiger partial charge in [0.15, 0.2) is 15.7 Å². The van der Waals surface area contributed by atoms with Gasteiger partial charge < -0.3 is 21.1 Å². The Bertz CT molecular complexity index is 1720. The number of hydrogen-bond donors (Lipinski definition) is 3. The SMILES string of the molecule is Cc1ncc(-c2c(C(N)=O)cc(Nc3ncc(Cl)c(Nc4ccccc4S(=O)(=O)C(C)C)n3)c(OC(C)C)c2C)s1. The van der Waals surface area contributed by atoms with Crippen LogP contribution in [0, 0.1) is 13.8 Å². The monoisotopic (exact) mass is 614 g/mol. The van der Waals surface area contributed by atoms with Gasteiger partial charge in [-0.05, 0) is 59.7 Å². The van der Waals surface area contributed by atoms with E-state index < -0.39 is 21.0 Å². The van der Waals surface area contributed by atoms with E-state index in [1.165, 1.54) is 23.6 Å². The fraction of sp³-hybridized carbons (Fsp3) is 0.286. The summed E-state index contributed by atoms with van der Waals surface area (Å²) in [6.45, 7) is 10.8. The third-order valence-corrected chi connectivity index (χ3v) is 9.48. The van der Waals surface area contributed by atoms with Crippen LogP contribution in [0.3, 0.4) is 0 Å². The fourth-order valence-corrected chi connectivity index (χ4v) is 6.34. The van der Waals surface area contributed by atoms with Crippen molar-refractivity contribution >= 4 is 61.8 Å². The van der Waals surface area contributed by atoms with Crippen LogP contribution in [0.15, 0.2) is 47.6 Å². The Hall–Kier alpha value is -3.74. The number of halogens is 1. The number of rotatable bonds is 10. The van der Waals surface area contributed by atoms with Gasteiger partial charge in [0.1, 0.15) is 10.8 Å². The Morgan fingerprint density at radius 1 is 1.05 bits per heavy atom. The number of para-hydroxylation sites is 1. The van der Waals surface area contributed by atoms with Crippen molar-refractivity contribution < 1.29 is 17.9 Å². The van der Waals surface area contributed by atoms with Gasteiger partial charge in [0, 0.05) is 17.3 Å². The maximum absolute atomic E-state index is 12.9. The lowest BCUT2D eigenvalue weighted by atomic mass is 9.97. The quantitative estimate of drug-likeness (QED) is 0.184. The third kappa shape index (κ3) is 6.45. The summed E-state index contributed by atoms with van der Waals surface area (Å²) in [6.07, 6.45) is 2.91. The average Bonchev–Trinajstić information content (AvgIpc) is 3.33. The highest BCUT2D eigenvalue weighted by Gasteiger charge is 2.25. The van der Waals surface area contributed by atoms with Crippen molar-refractivity contribution in [3.05, 3.63) is 63.9 Å². The number of sulfone groups is 1. The third-order valence-electron chi connectivity index (χ3n) is 6.06. The van der Waals surface area contributed by atoms with Crippen molar-refractivity contribution in [2.75, 3.05) is 10.6 Å². The second-order valence-electron chi connectivity index (χ2n) is 9.81. The predicted octanol–water partition coefficient (Wildman–Crippen LogP) is 6.43. The van der Waals surface area contributed by atoms with E-state index in [2.05, 4.69) is 25.6 Å². The molecule has 2 aromatic carbocycles. The number of carbonyl (C=O) groups excluding carboxylic acids is 1. The summed E-state index contributed by atoms with van der Waals surface area (Å²) in [5.74, 6) is 0.194. The average molecular weight is 615 g/mol. The number of hydrogen-bond acceptors (Lipinski definition) is 10. The molecular weight excluding hydrogens is 584 g/mol. The van der Waals surface area contributed by atoms with Crippen LogP contribution >= 0.6 is 22.9 Å². The highest BCUT2D eigenvalue weighted by molar-refractivity contribution is 7.92. The van der Waals surface area contributed by atoms with Gasteiger partial charge in [-0.25, -0.2) is 18.4 Å². The highest BCUT2D eigenvalue weighted by Crippen LogP contribution is 2.42. The van der Waals surface area contributed by atoms with Crippen molar-refractivity contribution in [2.24, 2.45) is 5.73 Å². The summed E-state index contributed by atoms with van der Waals surface area (Å²) < 4.78 is 32.1. The van der Waals surface area contributed by atoms with E-state index in [9.17, 15) is 13.2 Å². The maximum Gasteiger partial charge on any atom is 0.249 e. The van der Waals surface area contributed by atoms with Crippen LogP contribution in [0.2, 0.25) is 5.02 Å². The van der Waals surface area contributed by atoms with Crippen molar-refractivity contribution in [3.63, 3.8) is 0 Å². The number of ether oxygens (including phenoxy) is 1. The zero-order chi connectivity index (χ0) is 30.1. The number of thiazole rings is 1. The van der Waals surface area contributed by atoms with Crippen molar-refractivity contribution in [1.29, 1.82) is 0 Å². The fourth-order valence-electron chi connectivity index (χ4n) is 4.10. The number of primary amides is 1. The van der Waals surface area contributed by atoms with Gasteiger partial charge in [0.05, 0.1) is 49.3 Å². The number of nitrogens with one attached hydrogen (secondary N) is 2. The van der Waals surface area contributed by atoms with Gasteiger partial charge in [-0.1, -0.05) is 23.7 Å². The molecule has 10 nitrogen and oxygen atoms in total. The minimum Gasteiger partial charge on any atom is -0.489 e. The van der Waals surface area contributed by atoms with E-state index in [-0.39, 0.29) is 33.4 Å². The number of aryl methyl sites for hydroxylation is 1. The Morgan fingerprint density at radius 2 is 1.76 bits per heavy atom. The molecule has 0 bridgehead atoms. The molecule has 41 heavy (non-hydrogen) atoms. The molecule has 0 saturated carbocycles. The molecule has 2 aromatic heterocycles. The Balaban J connectivity index is 1.79. The second-order valence-corrected chi connectivity index (χ2v) is 13.9. The molecular formula is C28H31ClN6O4S2. The van der Waals surface area contributed by atoms with Gasteiger partial charge in [-0.2, -0.15) is 4.98 Å². The molecule has 4 aromatic rings. The smallest absolute Gasteiger partial charge is 0.249 e. The van der Waals surface area contributed by atoms with E-state index in [1.54, 1.807) is 44.3 Å². The summed E-state index contributed by atoms with van der Waals surface area (Å²) >= 11 is 7.85. The lowest BCUT2D eigenvalue weighted by Gasteiger charge is -2.21. The molecule has 0 aliphatic carbocycles. The number of benzene rings is 2. The van der Waals surface area contributed by atoms with Gasteiger partial charge in [-0.3, -0.25) is 4.79 Å². The maximum atomic E-state index is 12.9. The molecule has 0 aliphatic rings. The first kappa shape index (κ1) is 30.2. The molecule has 0 unspecified atom stereocenters. The Morgan fingerprint density at radius 3 is 2.37 bits per heavy atom. The first-order valence-electron chi connectivity index (χ1n) is 12.8. The largest absolute Gasteiger partial charge is 0.489 e. The number of amides is 1. The standard InChI is InChI=1S/C28H31ClN6O4S2/c1-14(2)39-25-16(5)24(22-13-31-17(6)40-22)18(26(30)36)11-21(25)34-28-32-12-19(29)27(35-28)33-20-9-7-8-10-23(20)41(37,38)15(3)4/h7-15H,1-6H3,(H2,30,36)(H2,32,33,34,35). The molecule has 1 amide bonds. The summed E-state index contributed by atoms with van der Waals surface area (Å²) in [4.78, 5) is 26.6. The molecule has 0 aliphatic heterocycles. The first-order valence-corrected chi connectivity index (χ1v) is 15.5. The van der Waals surface area contributed by atoms with E-state index in [0.29, 0.717) is 28.3 Å². The number of aromatic nitrogens is 3. The van der Waals surface area contributed by atoms with Crippen LogP contribution in [0.1, 0.15) is 48.6 Å². The normalized spacial score (nSPS) is 11.6. The van der Waals surface area contributed by atoms with Crippen LogP contribution in [-0.2, 0) is 9.84 Å². The number of carbonyl (C=O) groups is 1. The van der Waals surface area contributed by atoms with Crippen molar-refractivity contribution in [2.45, 2.75) is 57.8 Å². The van der Waals surface area contributed by atoms with Crippen LogP contribution in [0.25, 0.3) is 10.4 Å². The Kier molecular flexibility index (Phi) is 8.86. The predicted molar refractivity (Wildman–Crippen MR) is 164 cm³/mol. The highest BCUT2D eigenvalue weighted by atomic mass is 35.5.